The Morgan fingerprint density at radius 3 is 0.571 bits per heavy atom. The molecule has 12 fully saturated rings. The van der Waals surface area contributed by atoms with Crippen molar-refractivity contribution in [2.75, 3.05) is 0 Å². The maximum Gasteiger partial charge on any atom is -0.0169 e. The Bertz CT molecular complexity index is 1540. The Kier molecular flexibility index (Phi) is 46.3. The fourth-order valence-electron chi connectivity index (χ4n) is 15.3. The summed E-state index contributed by atoms with van der Waals surface area (Å²) in [6, 6.07) is 8.63. The maximum absolute atomic E-state index is 2.27. The van der Waals surface area contributed by atoms with Crippen molar-refractivity contribution in [2.24, 2.45) is 35.5 Å². The summed E-state index contributed by atoms with van der Waals surface area (Å²) >= 11 is 0. The molecule has 0 spiro atoms. The average molecular weight is 1150 g/mol. The summed E-state index contributed by atoms with van der Waals surface area (Å²) in [6.45, 7) is 0. The van der Waals surface area contributed by atoms with Crippen LogP contribution in [0.15, 0.2) is 97.2 Å². The molecule has 0 saturated heterocycles. The highest BCUT2D eigenvalue weighted by atomic mass is 14.5. The third kappa shape index (κ3) is 41.0. The SMILES string of the molecule is C1=CCC=CC1.C1=CCCC1.C1=CCCC=C1.C1=CCCCC1.C1C2CC3CC1CC(C2)C3.C1CC1.C1CCC1.C1CCC2CCCCC2C1.C1CCCC1.C1CCCCC1.C1CCCCCC1.C1CCCCCCC1.c1ccc2c(c1)CC2. The zero-order valence-electron chi connectivity index (χ0n) is 56.1. The van der Waals surface area contributed by atoms with Gasteiger partial charge in [0.25, 0.3) is 0 Å². The van der Waals surface area contributed by atoms with E-state index in [1.165, 1.54) is 332 Å². The van der Waals surface area contributed by atoms with Gasteiger partial charge in [-0.3, -0.25) is 0 Å². The van der Waals surface area contributed by atoms with Crippen LogP contribution in [-0.4, -0.2) is 0 Å². The van der Waals surface area contributed by atoms with Crippen LogP contribution >= 0.6 is 0 Å². The molecule has 0 unspecified atom stereocenters. The summed E-state index contributed by atoms with van der Waals surface area (Å²) in [7, 11) is 0. The molecule has 0 aliphatic heterocycles. The van der Waals surface area contributed by atoms with E-state index in [0.29, 0.717) is 0 Å². The molecule has 0 N–H and O–H groups in total. The maximum atomic E-state index is 2.27. The van der Waals surface area contributed by atoms with Crippen LogP contribution in [0.5, 0.6) is 0 Å². The molecule has 0 atom stereocenters. The van der Waals surface area contributed by atoms with E-state index in [9.17, 15) is 0 Å². The first-order valence-corrected chi connectivity index (χ1v) is 38.8. The number of rotatable bonds is 0. The summed E-state index contributed by atoms with van der Waals surface area (Å²) in [4.78, 5) is 0. The van der Waals surface area contributed by atoms with Gasteiger partial charge in [0, 0.05) is 0 Å². The zero-order valence-corrected chi connectivity index (χ0v) is 56.1. The molecule has 0 aromatic heterocycles. The molecule has 1 aromatic carbocycles. The summed E-state index contributed by atoms with van der Waals surface area (Å²) in [5, 5.41) is 0. The van der Waals surface area contributed by atoms with Crippen molar-refractivity contribution in [3.05, 3.63) is 108 Å². The van der Waals surface area contributed by atoms with Crippen LogP contribution in [0, 0.1) is 35.5 Å². The van der Waals surface area contributed by atoms with Crippen LogP contribution in [0.1, 0.15) is 384 Å². The van der Waals surface area contributed by atoms with Gasteiger partial charge in [0.15, 0.2) is 0 Å². The second-order valence-corrected chi connectivity index (χ2v) is 28.9. The predicted octanol–water partition coefficient (Wildman–Crippen LogP) is 28.5. The van der Waals surface area contributed by atoms with Gasteiger partial charge in [-0.05, 0) is 169 Å². The topological polar surface area (TPSA) is 0 Å². The van der Waals surface area contributed by atoms with Gasteiger partial charge in [0.2, 0.25) is 0 Å². The second-order valence-electron chi connectivity index (χ2n) is 28.9. The van der Waals surface area contributed by atoms with Gasteiger partial charge in [-0.1, -0.05) is 360 Å². The summed E-state index contributed by atoms with van der Waals surface area (Å²) < 4.78 is 0. The highest BCUT2D eigenvalue weighted by Gasteiger charge is 2.41. The zero-order chi connectivity index (χ0) is 58.4. The fourth-order valence-corrected chi connectivity index (χ4v) is 15.3. The van der Waals surface area contributed by atoms with Gasteiger partial charge in [0.05, 0.1) is 0 Å². The smallest absolute Gasteiger partial charge is 0.0169 e. The molecule has 0 amide bonds. The number of fused-ring (bicyclic) bond motifs is 2. The fraction of sp³-hybridized carbons (Fsp3) is 0.786. The van der Waals surface area contributed by atoms with Crippen LogP contribution < -0.4 is 0 Å². The molecule has 0 nitrogen and oxygen atoms in total. The van der Waals surface area contributed by atoms with Crippen LogP contribution in [0.25, 0.3) is 0 Å². The Hall–Kier alpha value is -2.34. The number of benzene rings is 1. The van der Waals surface area contributed by atoms with Gasteiger partial charge >= 0.3 is 0 Å². The van der Waals surface area contributed by atoms with Crippen LogP contribution in [0.3, 0.4) is 0 Å². The standard InChI is InChI=1S/C10H16.C10H18.C8H8.C8H16.C7H14.C6H12.C6H10.2C6H8.C5H10.C5H8.C4H8.C3H6/c1-7-2-9-4-8(1)5-10(3-7)6-9;1-2-6-10-8-4-3-7-9(10)5-1;1-2-4-8-6-5-7(8)3-1;1-2-4-6-8-7-5-3-1;1-2-4-6-7-5-3-1;4*1-2-4-6-5-3-1;2*1-2-4-5-3-1;1-2-4-3-1;1-2-3-1/h7-10H,1-6H2;9-10H,1-8H2;1-4H,5-6H2;1-8H2;1-7H2;1-6H2;1-2H,3-6H2;1-2,5-6H,3-4H2;1-4H,5-6H2;1-5H2;1-2H,3-5H2;1-4H2;1-3H2. The van der Waals surface area contributed by atoms with Crippen LogP contribution in [0.4, 0.5) is 0 Å². The first-order chi connectivity index (χ1) is 41.8. The molecule has 17 aliphatic carbocycles. The minimum absolute atomic E-state index is 1.14. The molecule has 12 saturated carbocycles. The lowest BCUT2D eigenvalue weighted by atomic mass is 9.56. The highest BCUT2D eigenvalue weighted by Crippen LogP contribution is 2.53. The highest BCUT2D eigenvalue weighted by molar-refractivity contribution is 5.34. The van der Waals surface area contributed by atoms with Crippen LogP contribution in [0.2, 0.25) is 0 Å². The molecule has 1 aromatic rings. The molecule has 84 heavy (non-hydrogen) atoms. The third-order valence-corrected chi connectivity index (χ3v) is 20.9. The Balaban J connectivity index is 0.000000168. The lowest BCUT2D eigenvalue weighted by molar-refractivity contribution is 0.0198. The monoisotopic (exact) mass is 1150 g/mol. The second kappa shape index (κ2) is 53.7. The van der Waals surface area contributed by atoms with Crippen molar-refractivity contribution in [3.63, 3.8) is 0 Å². The molecule has 18 rings (SSSR count). The van der Waals surface area contributed by atoms with Gasteiger partial charge in [-0.25, -0.2) is 0 Å². The minimum atomic E-state index is 1.14. The first-order valence-electron chi connectivity index (χ1n) is 38.8. The Labute approximate surface area is 526 Å². The molecule has 0 heteroatoms. The minimum Gasteiger partial charge on any atom is -0.0885 e. The normalized spacial score (nSPS) is 28.0. The average Bonchev–Trinajstić information content (AvgIpc) is 4.32. The van der Waals surface area contributed by atoms with E-state index in [0.717, 1.165) is 24.7 Å². The lowest BCUT2D eigenvalue weighted by Crippen LogP contribution is -2.38. The lowest BCUT2D eigenvalue weighted by Gasteiger charge is -2.49. The number of allylic oxidation sites excluding steroid dienone is 12. The molecule has 0 heterocycles. The summed E-state index contributed by atoms with van der Waals surface area (Å²) in [5.74, 6) is 7.02. The van der Waals surface area contributed by atoms with E-state index in [-0.39, 0.29) is 0 Å². The number of hydrogen-bond acceptors (Lipinski definition) is 0. The Morgan fingerprint density at radius 1 is 0.202 bits per heavy atom. The van der Waals surface area contributed by atoms with Gasteiger partial charge in [-0.15, -0.1) is 0 Å². The predicted molar refractivity (Wildman–Crippen MR) is 377 cm³/mol. The van der Waals surface area contributed by atoms with E-state index in [1.54, 1.807) is 75.3 Å². The van der Waals surface area contributed by atoms with E-state index >= 15 is 0 Å². The van der Waals surface area contributed by atoms with Crippen LogP contribution in [-0.2, 0) is 12.8 Å². The van der Waals surface area contributed by atoms with E-state index in [4.69, 9.17) is 0 Å². The van der Waals surface area contributed by atoms with Crippen molar-refractivity contribution >= 4 is 0 Å². The number of aryl methyl sites for hydroxylation is 2. The molecule has 17 aliphatic rings. The molecule has 4 bridgehead atoms. The van der Waals surface area contributed by atoms with E-state index in [2.05, 4.69) is 97.2 Å². The van der Waals surface area contributed by atoms with Crippen molar-refractivity contribution in [1.29, 1.82) is 0 Å². The molecule has 478 valence electrons. The van der Waals surface area contributed by atoms with Crippen molar-refractivity contribution in [3.8, 4) is 0 Å². The Morgan fingerprint density at radius 2 is 0.429 bits per heavy atom. The van der Waals surface area contributed by atoms with Gasteiger partial charge in [0.1, 0.15) is 0 Å². The molecular weight excluding hydrogens is 1010 g/mol. The quantitative estimate of drug-likeness (QED) is 0.179. The summed E-state index contributed by atoms with van der Waals surface area (Å²) in [6.07, 6.45) is 115. The first kappa shape index (κ1) is 72.4. The van der Waals surface area contributed by atoms with E-state index in [1.807, 2.05) is 0 Å². The molecular formula is C84H142. The molecule has 0 radical (unpaired) electrons. The number of hydrogen-bond donors (Lipinski definition) is 0. The van der Waals surface area contributed by atoms with E-state index < -0.39 is 0 Å². The van der Waals surface area contributed by atoms with Crippen molar-refractivity contribution < 1.29 is 0 Å². The van der Waals surface area contributed by atoms with Crippen molar-refractivity contribution in [1.82, 2.24) is 0 Å². The third-order valence-electron chi connectivity index (χ3n) is 20.9. The largest absolute Gasteiger partial charge is 0.0885 e. The van der Waals surface area contributed by atoms with Gasteiger partial charge < -0.3 is 0 Å². The van der Waals surface area contributed by atoms with Gasteiger partial charge in [-0.2, -0.15) is 0 Å². The summed E-state index contributed by atoms with van der Waals surface area (Å²) in [5.41, 5.74) is 3.10. The van der Waals surface area contributed by atoms with Crippen molar-refractivity contribution in [2.45, 2.75) is 385 Å².